The maximum Gasteiger partial charge on any atom is 0.279 e. The summed E-state index contributed by atoms with van der Waals surface area (Å²) in [6.07, 6.45) is -0.566. The fourth-order valence-electron chi connectivity index (χ4n) is 1.57. The van der Waals surface area contributed by atoms with Gasteiger partial charge in [0.2, 0.25) is 0 Å². The number of non-ortho nitro benzene ring substituents is 1. The molecular weight excluding hydrogens is 228 g/mol. The summed E-state index contributed by atoms with van der Waals surface area (Å²) in [6, 6.07) is 2.19. The van der Waals surface area contributed by atoms with Gasteiger partial charge >= 0.3 is 0 Å². The number of nitro groups is 2. The van der Waals surface area contributed by atoms with Crippen LogP contribution in [0.15, 0.2) is 12.1 Å². The zero-order chi connectivity index (χ0) is 13.2. The minimum atomic E-state index is -0.713. The number of aliphatic hydroxyl groups is 1. The van der Waals surface area contributed by atoms with Gasteiger partial charge in [0.05, 0.1) is 22.0 Å². The average Bonchev–Trinajstić information content (AvgIpc) is 2.19. The highest BCUT2D eigenvalue weighted by atomic mass is 16.6. The number of nitro benzene ring substituents is 2. The minimum absolute atomic E-state index is 0.147. The van der Waals surface area contributed by atoms with Crippen LogP contribution in [-0.4, -0.2) is 21.1 Å². The number of hydrogen-bond acceptors (Lipinski definition) is 5. The van der Waals surface area contributed by atoms with Crippen LogP contribution < -0.4 is 0 Å². The topological polar surface area (TPSA) is 107 Å². The van der Waals surface area contributed by atoms with Gasteiger partial charge in [0.1, 0.15) is 0 Å². The van der Waals surface area contributed by atoms with Gasteiger partial charge in [0, 0.05) is 11.6 Å². The number of benzene rings is 1. The predicted molar refractivity (Wildman–Crippen MR) is 59.9 cm³/mol. The highest BCUT2D eigenvalue weighted by molar-refractivity contribution is 5.53. The summed E-state index contributed by atoms with van der Waals surface area (Å²) < 4.78 is 0. The molecule has 0 amide bonds. The standard InChI is InChI=1S/C10H12N2O5/c1-6(13)3-8-4-9(11(14)15)5-10(7(8)2)12(16)17/h4-6,13H,3H2,1-2H3. The molecule has 1 unspecified atom stereocenters. The largest absolute Gasteiger partial charge is 0.393 e. The van der Waals surface area contributed by atoms with Gasteiger partial charge in [-0.25, -0.2) is 0 Å². The molecule has 0 saturated carbocycles. The first kappa shape index (κ1) is 13.0. The summed E-state index contributed by atoms with van der Waals surface area (Å²) in [5.74, 6) is 0. The normalized spacial score (nSPS) is 12.2. The second-order valence-electron chi connectivity index (χ2n) is 3.82. The number of rotatable bonds is 4. The van der Waals surface area contributed by atoms with E-state index in [0.717, 1.165) is 6.07 Å². The Kier molecular flexibility index (Phi) is 3.74. The molecule has 0 fully saturated rings. The average molecular weight is 240 g/mol. The summed E-state index contributed by atoms with van der Waals surface area (Å²) >= 11 is 0. The molecule has 0 radical (unpaired) electrons. The Bertz CT molecular complexity index is 470. The van der Waals surface area contributed by atoms with Crippen molar-refractivity contribution in [1.29, 1.82) is 0 Å². The zero-order valence-corrected chi connectivity index (χ0v) is 9.41. The molecule has 17 heavy (non-hydrogen) atoms. The van der Waals surface area contributed by atoms with Crippen LogP contribution in [0, 0.1) is 27.2 Å². The molecule has 1 aromatic rings. The Balaban J connectivity index is 3.37. The lowest BCUT2D eigenvalue weighted by Crippen LogP contribution is -2.08. The molecule has 7 nitrogen and oxygen atoms in total. The Hall–Kier alpha value is -2.02. The fraction of sp³-hybridized carbons (Fsp3) is 0.400. The summed E-state index contributed by atoms with van der Waals surface area (Å²) in [5.41, 5.74) is 0.134. The molecule has 0 bridgehead atoms. The first-order valence-corrected chi connectivity index (χ1v) is 4.93. The van der Waals surface area contributed by atoms with Crippen LogP contribution in [-0.2, 0) is 6.42 Å². The van der Waals surface area contributed by atoms with Crippen LogP contribution in [0.25, 0.3) is 0 Å². The van der Waals surface area contributed by atoms with Crippen LogP contribution in [0.4, 0.5) is 11.4 Å². The van der Waals surface area contributed by atoms with Crippen LogP contribution in [0.5, 0.6) is 0 Å². The van der Waals surface area contributed by atoms with E-state index in [-0.39, 0.29) is 17.8 Å². The molecule has 92 valence electrons. The van der Waals surface area contributed by atoms with E-state index in [9.17, 15) is 25.3 Å². The third-order valence-electron chi connectivity index (χ3n) is 2.40. The summed E-state index contributed by atoms with van der Waals surface area (Å²) in [5, 5.41) is 30.7. The third-order valence-corrected chi connectivity index (χ3v) is 2.40. The Morgan fingerprint density at radius 1 is 1.29 bits per heavy atom. The molecule has 1 aromatic carbocycles. The lowest BCUT2D eigenvalue weighted by molar-refractivity contribution is -0.394. The maximum absolute atomic E-state index is 10.8. The molecular formula is C10H12N2O5. The predicted octanol–water partition coefficient (Wildman–Crippen LogP) is 1.73. The highest BCUT2D eigenvalue weighted by Crippen LogP contribution is 2.28. The summed E-state index contributed by atoms with van der Waals surface area (Å²) in [4.78, 5) is 20.1. The lowest BCUT2D eigenvalue weighted by atomic mass is 10.0. The fourth-order valence-corrected chi connectivity index (χ4v) is 1.57. The quantitative estimate of drug-likeness (QED) is 0.637. The first-order valence-electron chi connectivity index (χ1n) is 4.93. The monoisotopic (exact) mass is 240 g/mol. The van der Waals surface area contributed by atoms with E-state index >= 15 is 0 Å². The molecule has 0 aliphatic carbocycles. The van der Waals surface area contributed by atoms with Crippen molar-refractivity contribution in [2.45, 2.75) is 26.4 Å². The second kappa shape index (κ2) is 4.88. The van der Waals surface area contributed by atoms with Crippen molar-refractivity contribution in [1.82, 2.24) is 0 Å². The van der Waals surface area contributed by atoms with Crippen molar-refractivity contribution in [2.75, 3.05) is 0 Å². The van der Waals surface area contributed by atoms with Gasteiger partial charge in [-0.05, 0) is 25.8 Å². The number of aliphatic hydroxyl groups excluding tert-OH is 1. The van der Waals surface area contributed by atoms with Gasteiger partial charge in [-0.1, -0.05) is 0 Å². The van der Waals surface area contributed by atoms with E-state index in [1.54, 1.807) is 0 Å². The zero-order valence-electron chi connectivity index (χ0n) is 9.41. The molecule has 1 N–H and O–H groups in total. The van der Waals surface area contributed by atoms with Gasteiger partial charge in [0.15, 0.2) is 0 Å². The van der Waals surface area contributed by atoms with E-state index in [2.05, 4.69) is 0 Å². The molecule has 0 spiro atoms. The smallest absolute Gasteiger partial charge is 0.279 e. The van der Waals surface area contributed by atoms with Crippen molar-refractivity contribution in [3.05, 3.63) is 43.5 Å². The Morgan fingerprint density at radius 2 is 1.88 bits per heavy atom. The maximum atomic E-state index is 10.8. The van der Waals surface area contributed by atoms with Crippen LogP contribution in [0.3, 0.4) is 0 Å². The number of hydrogen-bond donors (Lipinski definition) is 1. The molecule has 0 aromatic heterocycles. The van der Waals surface area contributed by atoms with E-state index in [0.29, 0.717) is 11.1 Å². The molecule has 1 rings (SSSR count). The Labute approximate surface area is 97.0 Å². The minimum Gasteiger partial charge on any atom is -0.393 e. The van der Waals surface area contributed by atoms with Gasteiger partial charge in [-0.2, -0.15) is 0 Å². The van der Waals surface area contributed by atoms with Crippen molar-refractivity contribution in [2.24, 2.45) is 0 Å². The molecule has 0 heterocycles. The van der Waals surface area contributed by atoms with Gasteiger partial charge in [-0.15, -0.1) is 0 Å². The Morgan fingerprint density at radius 3 is 2.29 bits per heavy atom. The summed E-state index contributed by atoms with van der Waals surface area (Å²) in [7, 11) is 0. The van der Waals surface area contributed by atoms with E-state index in [1.165, 1.54) is 19.9 Å². The van der Waals surface area contributed by atoms with E-state index in [1.807, 2.05) is 0 Å². The molecule has 0 aliphatic rings. The molecule has 1 atom stereocenters. The molecule has 0 saturated heterocycles. The highest BCUT2D eigenvalue weighted by Gasteiger charge is 2.21. The third kappa shape index (κ3) is 2.97. The van der Waals surface area contributed by atoms with Crippen molar-refractivity contribution in [3.63, 3.8) is 0 Å². The number of nitrogens with zero attached hydrogens (tertiary/aromatic N) is 2. The van der Waals surface area contributed by atoms with Crippen molar-refractivity contribution >= 4 is 11.4 Å². The van der Waals surface area contributed by atoms with Gasteiger partial charge < -0.3 is 5.11 Å². The molecule has 7 heteroatoms. The molecule has 0 aliphatic heterocycles. The van der Waals surface area contributed by atoms with Gasteiger partial charge in [-0.3, -0.25) is 20.2 Å². The van der Waals surface area contributed by atoms with Crippen LogP contribution >= 0.6 is 0 Å². The van der Waals surface area contributed by atoms with Crippen LogP contribution in [0.2, 0.25) is 0 Å². The first-order chi connectivity index (χ1) is 7.82. The van der Waals surface area contributed by atoms with Crippen molar-refractivity contribution in [3.8, 4) is 0 Å². The van der Waals surface area contributed by atoms with Crippen molar-refractivity contribution < 1.29 is 15.0 Å². The van der Waals surface area contributed by atoms with Gasteiger partial charge in [0.25, 0.3) is 11.4 Å². The lowest BCUT2D eigenvalue weighted by Gasteiger charge is -2.08. The summed E-state index contributed by atoms with van der Waals surface area (Å²) in [6.45, 7) is 3.03. The SMILES string of the molecule is Cc1c(CC(C)O)cc([N+](=O)[O-])cc1[N+](=O)[O-]. The van der Waals surface area contributed by atoms with E-state index < -0.39 is 16.0 Å². The second-order valence-corrected chi connectivity index (χ2v) is 3.82. The van der Waals surface area contributed by atoms with Crippen LogP contribution in [0.1, 0.15) is 18.1 Å². The van der Waals surface area contributed by atoms with E-state index in [4.69, 9.17) is 0 Å².